The van der Waals surface area contributed by atoms with E-state index in [9.17, 15) is 19.5 Å². The van der Waals surface area contributed by atoms with Gasteiger partial charge in [0, 0.05) is 42.6 Å². The standard InChI is InChI=1S/C26H29ClN4O4/c1-5-20-11-8-18-12-21(24(34)28-13-17-6-9-19(27)10-7-17)25(35)31(23(18)29-20)14-22(33)30(4)15-26(2,3)16-32/h5-12,32H,1,13-16H2,2-4H3,(H,28,34). The minimum Gasteiger partial charge on any atom is -0.396 e. The molecule has 3 aromatic rings. The lowest BCUT2D eigenvalue weighted by Crippen LogP contribution is -2.41. The van der Waals surface area contributed by atoms with Gasteiger partial charge in [-0.25, -0.2) is 4.98 Å². The first kappa shape index (κ1) is 26.1. The van der Waals surface area contributed by atoms with Crippen LogP contribution in [0.25, 0.3) is 17.1 Å². The Labute approximate surface area is 208 Å². The second-order valence-electron chi connectivity index (χ2n) is 9.18. The number of aliphatic hydroxyl groups excluding tert-OH is 1. The molecule has 1 aromatic carbocycles. The van der Waals surface area contributed by atoms with Gasteiger partial charge in [0.15, 0.2) is 0 Å². The van der Waals surface area contributed by atoms with Crippen LogP contribution < -0.4 is 10.9 Å². The summed E-state index contributed by atoms with van der Waals surface area (Å²) in [6, 6.07) is 11.9. The summed E-state index contributed by atoms with van der Waals surface area (Å²) in [5, 5.41) is 13.4. The molecule has 0 saturated carbocycles. The number of aliphatic hydroxyl groups is 1. The Morgan fingerprint density at radius 1 is 1.23 bits per heavy atom. The maximum absolute atomic E-state index is 13.4. The lowest BCUT2D eigenvalue weighted by molar-refractivity contribution is -0.132. The van der Waals surface area contributed by atoms with Crippen LogP contribution in [-0.4, -0.2) is 51.6 Å². The van der Waals surface area contributed by atoms with Crippen molar-refractivity contribution >= 4 is 40.5 Å². The van der Waals surface area contributed by atoms with Crippen molar-refractivity contribution in [2.45, 2.75) is 26.9 Å². The van der Waals surface area contributed by atoms with E-state index in [-0.39, 0.29) is 36.8 Å². The molecule has 0 aliphatic heterocycles. The van der Waals surface area contributed by atoms with Crippen LogP contribution in [0, 0.1) is 5.41 Å². The fourth-order valence-corrected chi connectivity index (χ4v) is 3.73. The highest BCUT2D eigenvalue weighted by Crippen LogP contribution is 2.17. The largest absolute Gasteiger partial charge is 0.396 e. The smallest absolute Gasteiger partial charge is 0.265 e. The molecule has 0 atom stereocenters. The Hall–Kier alpha value is -3.49. The number of pyridine rings is 2. The van der Waals surface area contributed by atoms with Crippen molar-refractivity contribution in [3.8, 4) is 0 Å². The summed E-state index contributed by atoms with van der Waals surface area (Å²) in [5.74, 6) is -0.907. The van der Waals surface area contributed by atoms with E-state index in [0.717, 1.165) is 5.56 Å². The first-order valence-electron chi connectivity index (χ1n) is 11.1. The monoisotopic (exact) mass is 496 g/mol. The number of nitrogens with zero attached hydrogens (tertiary/aromatic N) is 3. The second-order valence-corrected chi connectivity index (χ2v) is 9.62. The van der Waals surface area contributed by atoms with E-state index in [4.69, 9.17) is 11.6 Å². The average Bonchev–Trinajstić information content (AvgIpc) is 2.84. The Morgan fingerprint density at radius 2 is 1.91 bits per heavy atom. The summed E-state index contributed by atoms with van der Waals surface area (Å²) >= 11 is 5.91. The second kappa shape index (κ2) is 10.8. The van der Waals surface area contributed by atoms with E-state index < -0.39 is 16.9 Å². The van der Waals surface area contributed by atoms with Crippen molar-refractivity contribution in [3.63, 3.8) is 0 Å². The summed E-state index contributed by atoms with van der Waals surface area (Å²) in [7, 11) is 1.61. The number of benzene rings is 1. The number of carbonyl (C=O) groups excluding carboxylic acids is 2. The predicted molar refractivity (Wildman–Crippen MR) is 137 cm³/mol. The number of carbonyl (C=O) groups is 2. The van der Waals surface area contributed by atoms with Gasteiger partial charge >= 0.3 is 0 Å². The molecule has 8 nitrogen and oxygen atoms in total. The molecule has 2 N–H and O–H groups in total. The maximum atomic E-state index is 13.4. The van der Waals surface area contributed by atoms with Gasteiger partial charge in [0.1, 0.15) is 17.8 Å². The van der Waals surface area contributed by atoms with Gasteiger partial charge in [-0.3, -0.25) is 19.0 Å². The van der Waals surface area contributed by atoms with E-state index in [1.165, 1.54) is 15.5 Å². The third-order valence-electron chi connectivity index (χ3n) is 5.59. The molecular weight excluding hydrogens is 468 g/mol. The van der Waals surface area contributed by atoms with Gasteiger partial charge in [-0.2, -0.15) is 0 Å². The minimum atomic E-state index is -0.622. The van der Waals surface area contributed by atoms with Crippen molar-refractivity contribution in [2.75, 3.05) is 20.2 Å². The zero-order valence-electron chi connectivity index (χ0n) is 20.0. The fraction of sp³-hybridized carbons (Fsp3) is 0.308. The van der Waals surface area contributed by atoms with Crippen LogP contribution in [0.4, 0.5) is 0 Å². The van der Waals surface area contributed by atoms with E-state index in [1.54, 1.807) is 49.5 Å². The summed E-state index contributed by atoms with van der Waals surface area (Å²) in [6.45, 7) is 7.48. The summed E-state index contributed by atoms with van der Waals surface area (Å²) in [4.78, 5) is 45.3. The number of fused-ring (bicyclic) bond motifs is 1. The van der Waals surface area contributed by atoms with Crippen LogP contribution in [0.1, 0.15) is 35.5 Å². The lowest BCUT2D eigenvalue weighted by Gasteiger charge is -2.28. The number of hydrogen-bond donors (Lipinski definition) is 2. The highest BCUT2D eigenvalue weighted by Gasteiger charge is 2.24. The molecular formula is C26H29ClN4O4. The van der Waals surface area contributed by atoms with Gasteiger partial charge in [-0.15, -0.1) is 0 Å². The fourth-order valence-electron chi connectivity index (χ4n) is 3.60. The van der Waals surface area contributed by atoms with Crippen molar-refractivity contribution in [3.05, 3.63) is 81.2 Å². The summed E-state index contributed by atoms with van der Waals surface area (Å²) in [6.07, 6.45) is 1.54. The Morgan fingerprint density at radius 3 is 2.54 bits per heavy atom. The molecule has 184 valence electrons. The van der Waals surface area contributed by atoms with Gasteiger partial charge in [0.2, 0.25) is 5.91 Å². The van der Waals surface area contributed by atoms with Gasteiger partial charge in [-0.1, -0.05) is 44.2 Å². The number of aromatic nitrogens is 2. The van der Waals surface area contributed by atoms with Gasteiger partial charge < -0.3 is 15.3 Å². The van der Waals surface area contributed by atoms with E-state index >= 15 is 0 Å². The third kappa shape index (κ3) is 6.35. The van der Waals surface area contributed by atoms with Gasteiger partial charge in [0.25, 0.3) is 11.5 Å². The minimum absolute atomic E-state index is 0.0919. The topological polar surface area (TPSA) is 105 Å². The molecule has 35 heavy (non-hydrogen) atoms. The van der Waals surface area contributed by atoms with Crippen molar-refractivity contribution in [1.82, 2.24) is 19.8 Å². The lowest BCUT2D eigenvalue weighted by atomic mass is 9.94. The molecule has 0 radical (unpaired) electrons. The molecule has 2 heterocycles. The van der Waals surface area contributed by atoms with E-state index in [0.29, 0.717) is 22.6 Å². The first-order valence-corrected chi connectivity index (χ1v) is 11.5. The first-order chi connectivity index (χ1) is 16.5. The van der Waals surface area contributed by atoms with Crippen molar-refractivity contribution in [2.24, 2.45) is 5.41 Å². The molecule has 9 heteroatoms. The zero-order valence-corrected chi connectivity index (χ0v) is 20.8. The Kier molecular flexibility index (Phi) is 8.09. The van der Waals surface area contributed by atoms with Crippen LogP contribution >= 0.6 is 11.6 Å². The number of amides is 2. The Bertz CT molecular complexity index is 1320. The van der Waals surface area contributed by atoms with Crippen molar-refractivity contribution in [1.29, 1.82) is 0 Å². The molecule has 2 aromatic heterocycles. The quantitative estimate of drug-likeness (QED) is 0.473. The van der Waals surface area contributed by atoms with Gasteiger partial charge in [0.05, 0.1) is 5.69 Å². The SMILES string of the molecule is C=Cc1ccc2cc(C(=O)NCc3ccc(Cl)cc3)c(=O)n(CC(=O)N(C)CC(C)(C)CO)c2n1. The summed E-state index contributed by atoms with van der Waals surface area (Å²) in [5.41, 5.74) is 0.422. The number of likely N-dealkylation sites (N-methyl/N-ethyl adjacent to an activating group) is 1. The number of rotatable bonds is 9. The van der Waals surface area contributed by atoms with Crippen LogP contribution in [0.3, 0.4) is 0 Å². The van der Waals surface area contributed by atoms with Gasteiger partial charge in [-0.05, 0) is 42.0 Å². The van der Waals surface area contributed by atoms with Crippen LogP contribution in [0.15, 0.2) is 53.8 Å². The molecule has 0 bridgehead atoms. The molecule has 0 spiro atoms. The predicted octanol–water partition coefficient (Wildman–Crippen LogP) is 3.10. The van der Waals surface area contributed by atoms with Crippen LogP contribution in [0.5, 0.6) is 0 Å². The number of halogens is 1. The molecule has 3 rings (SSSR count). The third-order valence-corrected chi connectivity index (χ3v) is 5.84. The maximum Gasteiger partial charge on any atom is 0.265 e. The van der Waals surface area contributed by atoms with Crippen molar-refractivity contribution < 1.29 is 14.7 Å². The van der Waals surface area contributed by atoms with Crippen LogP contribution in [-0.2, 0) is 17.9 Å². The van der Waals surface area contributed by atoms with E-state index in [1.807, 2.05) is 13.8 Å². The zero-order chi connectivity index (χ0) is 25.8. The van der Waals surface area contributed by atoms with E-state index in [2.05, 4.69) is 16.9 Å². The molecule has 0 aliphatic carbocycles. The molecule has 0 saturated heterocycles. The molecule has 0 fully saturated rings. The molecule has 0 unspecified atom stereocenters. The highest BCUT2D eigenvalue weighted by atomic mass is 35.5. The normalized spacial score (nSPS) is 11.3. The number of hydrogen-bond acceptors (Lipinski definition) is 5. The molecule has 2 amide bonds. The summed E-state index contributed by atoms with van der Waals surface area (Å²) < 4.78 is 1.21. The van der Waals surface area contributed by atoms with Crippen LogP contribution in [0.2, 0.25) is 5.02 Å². The Balaban J connectivity index is 1.96. The average molecular weight is 497 g/mol. The number of nitrogens with one attached hydrogen (secondary N) is 1. The highest BCUT2D eigenvalue weighted by molar-refractivity contribution is 6.30. The molecule has 0 aliphatic rings.